The van der Waals surface area contributed by atoms with E-state index in [-0.39, 0.29) is 5.91 Å². The van der Waals surface area contributed by atoms with Crippen molar-refractivity contribution in [2.24, 2.45) is 0 Å². The van der Waals surface area contributed by atoms with Crippen LogP contribution in [0.15, 0.2) is 54.7 Å². The Morgan fingerprint density at radius 1 is 1.03 bits per heavy atom. The van der Waals surface area contributed by atoms with Crippen molar-refractivity contribution < 1.29 is 4.79 Å². The molecule has 0 bridgehead atoms. The Hall–Kier alpha value is -3.38. The first-order chi connectivity index (χ1) is 15.3. The number of aromatic amines is 2. The van der Waals surface area contributed by atoms with E-state index in [0.29, 0.717) is 6.42 Å². The molecule has 5 aromatic rings. The van der Waals surface area contributed by atoms with Crippen molar-refractivity contribution in [2.75, 3.05) is 5.32 Å². The fourth-order valence-electron chi connectivity index (χ4n) is 4.60. The van der Waals surface area contributed by atoms with Crippen LogP contribution in [0.1, 0.15) is 28.8 Å². The summed E-state index contributed by atoms with van der Waals surface area (Å²) in [5.41, 5.74) is 6.45. The zero-order valence-corrected chi connectivity index (χ0v) is 17.8. The number of aryl methyl sites for hydroxylation is 1. The van der Waals surface area contributed by atoms with Gasteiger partial charge < -0.3 is 15.3 Å². The minimum Gasteiger partial charge on any atom is -0.361 e. The molecule has 6 heteroatoms. The maximum atomic E-state index is 13.0. The number of nitrogens with one attached hydrogen (secondary N) is 3. The molecule has 3 N–H and O–H groups in total. The Balaban J connectivity index is 1.36. The van der Waals surface area contributed by atoms with Crippen LogP contribution in [0.3, 0.4) is 0 Å². The van der Waals surface area contributed by atoms with Gasteiger partial charge in [-0.15, -0.1) is 11.3 Å². The van der Waals surface area contributed by atoms with Gasteiger partial charge in [0.2, 0.25) is 5.91 Å². The maximum Gasteiger partial charge on any atom is 0.229 e. The first-order valence-corrected chi connectivity index (χ1v) is 11.5. The fourth-order valence-corrected chi connectivity index (χ4v) is 5.90. The van der Waals surface area contributed by atoms with Gasteiger partial charge in [0.15, 0.2) is 0 Å². The number of aromatic nitrogens is 3. The molecule has 1 amide bonds. The summed E-state index contributed by atoms with van der Waals surface area (Å²) in [5.74, 6) is 0.851. The lowest BCUT2D eigenvalue weighted by Gasteiger charge is -2.12. The van der Waals surface area contributed by atoms with Gasteiger partial charge in [-0.3, -0.25) is 4.79 Å². The molecule has 3 heterocycles. The standard InChI is InChI=1S/C25H22N4OS/c30-22(13-15-14-26-18-9-3-1-7-16(15)18)29-25-23(17-8-2-6-12-21(17)31-25)24-27-19-10-4-5-11-20(19)28-24/h1,3-5,7,9-11,14,26H,2,6,8,12-13H2,(H,27,28)(H,29,30). The van der Waals surface area contributed by atoms with Gasteiger partial charge in [-0.25, -0.2) is 4.98 Å². The summed E-state index contributed by atoms with van der Waals surface area (Å²) in [7, 11) is 0. The van der Waals surface area contributed by atoms with E-state index in [9.17, 15) is 4.79 Å². The molecular formula is C25H22N4OS. The average Bonchev–Trinajstić information content (AvgIpc) is 3.48. The molecule has 0 unspecified atom stereocenters. The molecule has 6 rings (SSSR count). The van der Waals surface area contributed by atoms with Gasteiger partial charge in [0.05, 0.1) is 23.0 Å². The molecule has 154 valence electrons. The third kappa shape index (κ3) is 3.24. The van der Waals surface area contributed by atoms with Crippen molar-refractivity contribution in [2.45, 2.75) is 32.1 Å². The van der Waals surface area contributed by atoms with Crippen molar-refractivity contribution in [3.63, 3.8) is 0 Å². The second-order valence-corrected chi connectivity index (χ2v) is 9.21. The number of anilines is 1. The molecule has 1 aliphatic rings. The number of fused-ring (bicyclic) bond motifs is 3. The minimum atomic E-state index is 0.000658. The molecule has 0 spiro atoms. The van der Waals surface area contributed by atoms with Gasteiger partial charge in [0, 0.05) is 22.0 Å². The van der Waals surface area contributed by atoms with E-state index in [2.05, 4.69) is 21.4 Å². The van der Waals surface area contributed by atoms with Crippen LogP contribution in [0.25, 0.3) is 33.3 Å². The summed E-state index contributed by atoms with van der Waals surface area (Å²) in [6.45, 7) is 0. The monoisotopic (exact) mass is 426 g/mol. The summed E-state index contributed by atoms with van der Waals surface area (Å²) in [5, 5.41) is 5.23. The molecule has 0 radical (unpaired) electrons. The second-order valence-electron chi connectivity index (χ2n) is 8.10. The number of hydrogen-bond acceptors (Lipinski definition) is 3. The third-order valence-corrected chi connectivity index (χ3v) is 7.28. The zero-order valence-electron chi connectivity index (χ0n) is 17.0. The predicted octanol–water partition coefficient (Wildman–Crippen LogP) is 5.83. The van der Waals surface area contributed by atoms with Crippen LogP contribution in [-0.2, 0) is 24.1 Å². The first kappa shape index (κ1) is 18.4. The van der Waals surface area contributed by atoms with Crippen LogP contribution in [-0.4, -0.2) is 20.9 Å². The van der Waals surface area contributed by atoms with Gasteiger partial charge in [-0.2, -0.15) is 0 Å². The normalized spacial score (nSPS) is 13.5. The first-order valence-electron chi connectivity index (χ1n) is 10.7. The Bertz CT molecular complexity index is 1390. The van der Waals surface area contributed by atoms with E-state index in [1.165, 1.54) is 23.3 Å². The van der Waals surface area contributed by atoms with Crippen LogP contribution in [0.2, 0.25) is 0 Å². The van der Waals surface area contributed by atoms with E-state index in [1.807, 2.05) is 48.7 Å². The van der Waals surface area contributed by atoms with Gasteiger partial charge in [0.1, 0.15) is 10.8 Å². The number of imidazole rings is 1. The van der Waals surface area contributed by atoms with Crippen LogP contribution < -0.4 is 5.32 Å². The van der Waals surface area contributed by atoms with Crippen molar-refractivity contribution >= 4 is 44.2 Å². The fraction of sp³-hybridized carbons (Fsp3) is 0.200. The van der Waals surface area contributed by atoms with Gasteiger partial charge >= 0.3 is 0 Å². The highest BCUT2D eigenvalue weighted by molar-refractivity contribution is 7.17. The minimum absolute atomic E-state index is 0.000658. The number of hydrogen-bond donors (Lipinski definition) is 3. The molecule has 0 aliphatic heterocycles. The van der Waals surface area contributed by atoms with Gasteiger partial charge in [-0.05, 0) is 55.0 Å². The Morgan fingerprint density at radius 3 is 2.74 bits per heavy atom. The average molecular weight is 427 g/mol. The molecule has 31 heavy (non-hydrogen) atoms. The highest BCUT2D eigenvalue weighted by Crippen LogP contribution is 2.43. The predicted molar refractivity (Wildman–Crippen MR) is 127 cm³/mol. The zero-order chi connectivity index (χ0) is 20.8. The van der Waals surface area contributed by atoms with Crippen LogP contribution >= 0.6 is 11.3 Å². The topological polar surface area (TPSA) is 73.6 Å². The van der Waals surface area contributed by atoms with Crippen LogP contribution in [0.5, 0.6) is 0 Å². The molecule has 0 saturated heterocycles. The number of carbonyl (C=O) groups is 1. The summed E-state index contributed by atoms with van der Waals surface area (Å²) in [4.78, 5) is 26.0. The number of H-pyrrole nitrogens is 2. The largest absolute Gasteiger partial charge is 0.361 e. The van der Waals surface area contributed by atoms with Crippen molar-refractivity contribution in [1.82, 2.24) is 15.0 Å². The molecule has 0 fully saturated rings. The number of carbonyl (C=O) groups excluding carboxylic acids is 1. The van der Waals surface area contributed by atoms with Crippen molar-refractivity contribution in [3.8, 4) is 11.4 Å². The van der Waals surface area contributed by atoms with E-state index in [0.717, 1.165) is 56.7 Å². The van der Waals surface area contributed by atoms with E-state index >= 15 is 0 Å². The molecule has 3 aromatic heterocycles. The summed E-state index contributed by atoms with van der Waals surface area (Å²) < 4.78 is 0. The number of para-hydroxylation sites is 3. The van der Waals surface area contributed by atoms with Crippen LogP contribution in [0.4, 0.5) is 5.00 Å². The molecule has 0 saturated carbocycles. The highest BCUT2D eigenvalue weighted by atomic mass is 32.1. The lowest BCUT2D eigenvalue weighted by Crippen LogP contribution is -2.14. The van der Waals surface area contributed by atoms with E-state index in [1.54, 1.807) is 11.3 Å². The maximum absolute atomic E-state index is 13.0. The smallest absolute Gasteiger partial charge is 0.229 e. The SMILES string of the molecule is O=C(Cc1c[nH]c2ccccc12)Nc1sc2c(c1-c1nc3ccccc3[nH]1)CCCC2. The molecular weight excluding hydrogens is 404 g/mol. The van der Waals surface area contributed by atoms with E-state index < -0.39 is 0 Å². The Morgan fingerprint density at radius 2 is 1.84 bits per heavy atom. The second kappa shape index (κ2) is 7.39. The lowest BCUT2D eigenvalue weighted by molar-refractivity contribution is -0.115. The number of rotatable bonds is 4. The van der Waals surface area contributed by atoms with E-state index in [4.69, 9.17) is 4.98 Å². The molecule has 2 aromatic carbocycles. The van der Waals surface area contributed by atoms with Gasteiger partial charge in [0.25, 0.3) is 0 Å². The summed E-state index contributed by atoms with van der Waals surface area (Å²) >= 11 is 1.71. The summed E-state index contributed by atoms with van der Waals surface area (Å²) in [6, 6.07) is 16.2. The van der Waals surface area contributed by atoms with Crippen molar-refractivity contribution in [3.05, 3.63) is 70.7 Å². The van der Waals surface area contributed by atoms with Crippen LogP contribution in [0, 0.1) is 0 Å². The Labute approximate surface area is 183 Å². The third-order valence-electron chi connectivity index (χ3n) is 6.08. The molecule has 1 aliphatic carbocycles. The highest BCUT2D eigenvalue weighted by Gasteiger charge is 2.25. The number of thiophene rings is 1. The molecule has 0 atom stereocenters. The number of amides is 1. The Kier molecular flexibility index (Phi) is 4.39. The number of nitrogens with zero attached hydrogens (tertiary/aromatic N) is 1. The number of benzene rings is 2. The summed E-state index contributed by atoms with van der Waals surface area (Å²) in [6.07, 6.45) is 6.77. The molecule has 5 nitrogen and oxygen atoms in total. The quantitative estimate of drug-likeness (QED) is 0.338. The lowest BCUT2D eigenvalue weighted by atomic mass is 9.95. The van der Waals surface area contributed by atoms with Gasteiger partial charge in [-0.1, -0.05) is 30.3 Å². The van der Waals surface area contributed by atoms with Crippen molar-refractivity contribution in [1.29, 1.82) is 0 Å².